The highest BCUT2D eigenvalue weighted by Crippen LogP contribution is 2.31. The van der Waals surface area contributed by atoms with Gasteiger partial charge in [0.15, 0.2) is 0 Å². The average molecular weight is 349 g/mol. The van der Waals surface area contributed by atoms with E-state index < -0.39 is 10.0 Å². The molecule has 1 saturated heterocycles. The first-order chi connectivity index (χ1) is 11.4. The standard InChI is InChI=1S/C16H19N3O4S/c17-24(21,22)13-5-1-4-12(10-13)11-18-16(20)19-8-2-6-14(19)15-7-3-9-23-15/h1,3-5,7,9-10,14H,2,6,8,11H2,(H,18,20)(H2,17,21,22)/t14-/m0/s1. The fourth-order valence-electron chi connectivity index (χ4n) is 2.90. The summed E-state index contributed by atoms with van der Waals surface area (Å²) < 4.78 is 28.2. The van der Waals surface area contributed by atoms with Crippen LogP contribution < -0.4 is 10.5 Å². The van der Waals surface area contributed by atoms with E-state index in [0.717, 1.165) is 18.6 Å². The highest BCUT2D eigenvalue weighted by atomic mass is 32.2. The Morgan fingerprint density at radius 2 is 2.17 bits per heavy atom. The summed E-state index contributed by atoms with van der Waals surface area (Å²) in [4.78, 5) is 14.2. The fraction of sp³-hybridized carbons (Fsp3) is 0.312. The number of carbonyl (C=O) groups excluding carboxylic acids is 1. The van der Waals surface area contributed by atoms with Crippen LogP contribution in [0.4, 0.5) is 4.79 Å². The van der Waals surface area contributed by atoms with Gasteiger partial charge in [-0.25, -0.2) is 18.4 Å². The molecule has 0 spiro atoms. The summed E-state index contributed by atoms with van der Waals surface area (Å²) in [7, 11) is -3.75. The normalized spacial score (nSPS) is 17.9. The van der Waals surface area contributed by atoms with Crippen LogP contribution in [0.2, 0.25) is 0 Å². The molecule has 1 aromatic carbocycles. The zero-order valence-corrected chi connectivity index (χ0v) is 13.8. The van der Waals surface area contributed by atoms with Gasteiger partial charge in [-0.15, -0.1) is 0 Å². The van der Waals surface area contributed by atoms with Crippen molar-refractivity contribution in [1.82, 2.24) is 10.2 Å². The molecule has 1 aliphatic rings. The SMILES string of the molecule is NS(=O)(=O)c1cccc(CNC(=O)N2CCC[C@H]2c2ccco2)c1. The lowest BCUT2D eigenvalue weighted by Crippen LogP contribution is -2.39. The number of nitrogens with one attached hydrogen (secondary N) is 1. The summed E-state index contributed by atoms with van der Waals surface area (Å²) in [6.07, 6.45) is 3.38. The Hall–Kier alpha value is -2.32. The minimum Gasteiger partial charge on any atom is -0.467 e. The maximum Gasteiger partial charge on any atom is 0.318 e. The van der Waals surface area contributed by atoms with Crippen LogP contribution in [0.15, 0.2) is 52.0 Å². The van der Waals surface area contributed by atoms with Crippen molar-refractivity contribution in [3.05, 3.63) is 54.0 Å². The van der Waals surface area contributed by atoms with Crippen LogP contribution in [-0.4, -0.2) is 25.9 Å². The first-order valence-corrected chi connectivity index (χ1v) is 9.19. The number of rotatable bonds is 4. The first-order valence-electron chi connectivity index (χ1n) is 7.65. The smallest absolute Gasteiger partial charge is 0.318 e. The van der Waals surface area contributed by atoms with Crippen molar-refractivity contribution < 1.29 is 17.6 Å². The van der Waals surface area contributed by atoms with E-state index in [1.165, 1.54) is 12.1 Å². The van der Waals surface area contributed by atoms with Crippen LogP contribution in [0.5, 0.6) is 0 Å². The Balaban J connectivity index is 1.65. The second kappa shape index (κ2) is 6.66. The van der Waals surface area contributed by atoms with Crippen molar-refractivity contribution in [2.75, 3.05) is 6.54 Å². The predicted molar refractivity (Wildman–Crippen MR) is 87.4 cm³/mol. The zero-order valence-electron chi connectivity index (χ0n) is 13.0. The van der Waals surface area contributed by atoms with Gasteiger partial charge >= 0.3 is 6.03 Å². The molecule has 8 heteroatoms. The molecule has 1 aromatic heterocycles. The highest BCUT2D eigenvalue weighted by Gasteiger charge is 2.31. The van der Waals surface area contributed by atoms with Gasteiger partial charge in [-0.1, -0.05) is 12.1 Å². The molecular weight excluding hydrogens is 330 g/mol. The molecule has 0 saturated carbocycles. The first kappa shape index (κ1) is 16.5. The molecule has 1 atom stereocenters. The molecule has 3 N–H and O–H groups in total. The molecule has 1 fully saturated rings. The number of urea groups is 1. The molecule has 0 radical (unpaired) electrons. The molecule has 7 nitrogen and oxygen atoms in total. The number of sulfonamides is 1. The van der Waals surface area contributed by atoms with Gasteiger partial charge in [0.05, 0.1) is 17.2 Å². The van der Waals surface area contributed by atoms with Crippen molar-refractivity contribution in [3.63, 3.8) is 0 Å². The fourth-order valence-corrected chi connectivity index (χ4v) is 3.48. The number of nitrogens with zero attached hydrogens (tertiary/aromatic N) is 1. The molecule has 0 bridgehead atoms. The number of carbonyl (C=O) groups is 1. The molecule has 2 aromatic rings. The van der Waals surface area contributed by atoms with E-state index in [-0.39, 0.29) is 23.5 Å². The number of furan rings is 1. The van der Waals surface area contributed by atoms with Gasteiger partial charge in [-0.05, 0) is 42.7 Å². The van der Waals surface area contributed by atoms with E-state index in [1.54, 1.807) is 23.3 Å². The largest absolute Gasteiger partial charge is 0.467 e. The Morgan fingerprint density at radius 1 is 1.33 bits per heavy atom. The number of amides is 2. The van der Waals surface area contributed by atoms with E-state index in [4.69, 9.17) is 9.56 Å². The molecule has 2 amide bonds. The van der Waals surface area contributed by atoms with Crippen LogP contribution >= 0.6 is 0 Å². The third-order valence-electron chi connectivity index (χ3n) is 4.06. The van der Waals surface area contributed by atoms with Crippen molar-refractivity contribution in [3.8, 4) is 0 Å². The number of hydrogen-bond donors (Lipinski definition) is 2. The number of likely N-dealkylation sites (tertiary alicyclic amines) is 1. The average Bonchev–Trinajstić information content (AvgIpc) is 3.22. The summed E-state index contributed by atoms with van der Waals surface area (Å²) in [5, 5.41) is 7.94. The monoisotopic (exact) mass is 349 g/mol. The summed E-state index contributed by atoms with van der Waals surface area (Å²) >= 11 is 0. The zero-order chi connectivity index (χ0) is 17.2. The Kier molecular flexibility index (Phi) is 4.59. The van der Waals surface area contributed by atoms with Crippen LogP contribution in [-0.2, 0) is 16.6 Å². The lowest BCUT2D eigenvalue weighted by Gasteiger charge is -2.23. The van der Waals surface area contributed by atoms with E-state index in [2.05, 4.69) is 5.32 Å². The van der Waals surface area contributed by atoms with Crippen LogP contribution in [0.25, 0.3) is 0 Å². The highest BCUT2D eigenvalue weighted by molar-refractivity contribution is 7.89. The molecule has 24 heavy (non-hydrogen) atoms. The molecule has 0 unspecified atom stereocenters. The van der Waals surface area contributed by atoms with Gasteiger partial charge in [0, 0.05) is 13.1 Å². The second-order valence-corrected chi connectivity index (χ2v) is 7.28. The summed E-state index contributed by atoms with van der Waals surface area (Å²) in [5.74, 6) is 0.777. The Bertz CT molecular complexity index is 818. The van der Waals surface area contributed by atoms with Gasteiger partial charge in [-0.2, -0.15) is 0 Å². The lowest BCUT2D eigenvalue weighted by atomic mass is 10.2. The lowest BCUT2D eigenvalue weighted by molar-refractivity contribution is 0.186. The number of primary sulfonamides is 1. The minimum atomic E-state index is -3.75. The third-order valence-corrected chi connectivity index (χ3v) is 4.97. The van der Waals surface area contributed by atoms with E-state index in [1.807, 2.05) is 12.1 Å². The number of benzene rings is 1. The van der Waals surface area contributed by atoms with Gasteiger partial charge in [0.25, 0.3) is 0 Å². The quantitative estimate of drug-likeness (QED) is 0.880. The van der Waals surface area contributed by atoms with Crippen LogP contribution in [0, 0.1) is 0 Å². The maximum atomic E-state index is 12.4. The van der Waals surface area contributed by atoms with E-state index >= 15 is 0 Å². The van der Waals surface area contributed by atoms with E-state index in [9.17, 15) is 13.2 Å². The summed E-state index contributed by atoms with van der Waals surface area (Å²) in [6, 6.07) is 9.64. The Morgan fingerprint density at radius 3 is 2.88 bits per heavy atom. The number of nitrogens with two attached hydrogens (primary N) is 1. The molecular formula is C16H19N3O4S. The van der Waals surface area contributed by atoms with Gasteiger partial charge in [0.2, 0.25) is 10.0 Å². The van der Waals surface area contributed by atoms with Gasteiger partial charge in [0.1, 0.15) is 5.76 Å². The van der Waals surface area contributed by atoms with Gasteiger partial charge < -0.3 is 14.6 Å². The minimum absolute atomic E-state index is 0.0314. The Labute approximate surface area is 140 Å². The molecule has 1 aliphatic heterocycles. The number of hydrogen-bond acceptors (Lipinski definition) is 4. The van der Waals surface area contributed by atoms with E-state index in [0.29, 0.717) is 12.1 Å². The van der Waals surface area contributed by atoms with Gasteiger partial charge in [-0.3, -0.25) is 0 Å². The maximum absolute atomic E-state index is 12.4. The van der Waals surface area contributed by atoms with Crippen molar-refractivity contribution >= 4 is 16.1 Å². The van der Waals surface area contributed by atoms with Crippen molar-refractivity contribution in [2.45, 2.75) is 30.3 Å². The summed E-state index contributed by atoms with van der Waals surface area (Å²) in [5.41, 5.74) is 0.670. The van der Waals surface area contributed by atoms with Crippen molar-refractivity contribution in [2.24, 2.45) is 5.14 Å². The predicted octanol–water partition coefficient (Wildman–Crippen LogP) is 1.97. The third kappa shape index (κ3) is 3.60. The molecule has 2 heterocycles. The molecule has 128 valence electrons. The molecule has 3 rings (SSSR count). The van der Waals surface area contributed by atoms with Crippen LogP contribution in [0.3, 0.4) is 0 Å². The molecule has 0 aliphatic carbocycles. The second-order valence-electron chi connectivity index (χ2n) is 5.72. The van der Waals surface area contributed by atoms with Crippen LogP contribution in [0.1, 0.15) is 30.2 Å². The summed E-state index contributed by atoms with van der Waals surface area (Å²) in [6.45, 7) is 0.887. The van der Waals surface area contributed by atoms with Crippen molar-refractivity contribution in [1.29, 1.82) is 0 Å². The topological polar surface area (TPSA) is 106 Å².